The third-order valence-electron chi connectivity index (χ3n) is 6.94. The summed E-state index contributed by atoms with van der Waals surface area (Å²) < 4.78 is 5.54. The summed E-state index contributed by atoms with van der Waals surface area (Å²) in [5, 5.41) is 4.72. The van der Waals surface area contributed by atoms with Crippen molar-refractivity contribution in [1.29, 1.82) is 0 Å². The normalized spacial score (nSPS) is 25.7. The van der Waals surface area contributed by atoms with Crippen molar-refractivity contribution in [3.63, 3.8) is 0 Å². The molecule has 3 aromatic rings. The SMILES string of the molecule is c1cnc(NC2CCC3CN(c4nc(N5CCOCC5)cc5ncccc45)CC32)nc1. The van der Waals surface area contributed by atoms with Gasteiger partial charge in [-0.2, -0.15) is 0 Å². The molecule has 2 aliphatic heterocycles. The monoisotopic (exact) mass is 417 g/mol. The van der Waals surface area contributed by atoms with Gasteiger partial charge in [0.05, 0.1) is 18.7 Å². The van der Waals surface area contributed by atoms with Crippen LogP contribution in [0.4, 0.5) is 17.6 Å². The number of rotatable bonds is 4. The number of nitrogens with one attached hydrogen (secondary N) is 1. The molecule has 1 aliphatic carbocycles. The molecular weight excluding hydrogens is 390 g/mol. The number of hydrogen-bond donors (Lipinski definition) is 1. The molecule has 0 amide bonds. The topological polar surface area (TPSA) is 79.3 Å². The Kier molecular flexibility index (Phi) is 4.79. The van der Waals surface area contributed by atoms with Crippen LogP contribution in [0.3, 0.4) is 0 Å². The summed E-state index contributed by atoms with van der Waals surface area (Å²) in [6.07, 6.45) is 7.86. The predicted octanol–water partition coefficient (Wildman–Crippen LogP) is 2.58. The van der Waals surface area contributed by atoms with Crippen LogP contribution in [0, 0.1) is 11.8 Å². The lowest BCUT2D eigenvalue weighted by molar-refractivity contribution is 0.122. The summed E-state index contributed by atoms with van der Waals surface area (Å²) in [5.41, 5.74) is 1.01. The van der Waals surface area contributed by atoms with Crippen molar-refractivity contribution in [2.75, 3.05) is 54.5 Å². The second-order valence-corrected chi connectivity index (χ2v) is 8.70. The third kappa shape index (κ3) is 3.54. The largest absolute Gasteiger partial charge is 0.378 e. The van der Waals surface area contributed by atoms with E-state index in [1.165, 1.54) is 12.8 Å². The van der Waals surface area contributed by atoms with Crippen molar-refractivity contribution in [2.24, 2.45) is 11.8 Å². The molecule has 5 heterocycles. The number of ether oxygens (including phenoxy) is 1. The first-order valence-electron chi connectivity index (χ1n) is 11.2. The van der Waals surface area contributed by atoms with E-state index in [1.54, 1.807) is 12.4 Å². The number of fused-ring (bicyclic) bond motifs is 2. The molecule has 0 radical (unpaired) electrons. The Morgan fingerprint density at radius 3 is 2.65 bits per heavy atom. The third-order valence-corrected chi connectivity index (χ3v) is 6.94. The first-order chi connectivity index (χ1) is 15.3. The van der Waals surface area contributed by atoms with E-state index in [-0.39, 0.29) is 0 Å². The molecule has 3 unspecified atom stereocenters. The van der Waals surface area contributed by atoms with Gasteiger partial charge < -0.3 is 19.9 Å². The lowest BCUT2D eigenvalue weighted by atomic mass is 9.98. The van der Waals surface area contributed by atoms with Crippen LogP contribution in [0.25, 0.3) is 10.9 Å². The van der Waals surface area contributed by atoms with Gasteiger partial charge >= 0.3 is 0 Å². The van der Waals surface area contributed by atoms with Crippen molar-refractivity contribution >= 4 is 28.5 Å². The first kappa shape index (κ1) is 18.7. The fourth-order valence-electron chi connectivity index (χ4n) is 5.40. The van der Waals surface area contributed by atoms with Crippen LogP contribution in [0.5, 0.6) is 0 Å². The van der Waals surface area contributed by atoms with Crippen molar-refractivity contribution in [3.8, 4) is 0 Å². The second kappa shape index (κ2) is 7.92. The van der Waals surface area contributed by atoms with E-state index in [9.17, 15) is 0 Å². The molecular formula is C23H27N7O. The minimum Gasteiger partial charge on any atom is -0.378 e. The standard InChI is InChI=1S/C23H27N7O/c1-3-17-20(24-6-1)13-21(29-9-11-31-12-10-29)28-22(17)30-14-16-4-5-19(18(16)15-30)27-23-25-7-2-8-26-23/h1-3,6-8,13,16,18-19H,4-5,9-12,14-15H2,(H,25,26,27). The highest BCUT2D eigenvalue weighted by molar-refractivity contribution is 5.91. The Morgan fingerprint density at radius 1 is 0.935 bits per heavy atom. The van der Waals surface area contributed by atoms with Crippen molar-refractivity contribution in [2.45, 2.75) is 18.9 Å². The van der Waals surface area contributed by atoms with Crippen LogP contribution >= 0.6 is 0 Å². The Balaban J connectivity index is 1.29. The second-order valence-electron chi connectivity index (χ2n) is 8.70. The number of aromatic nitrogens is 4. The molecule has 2 saturated heterocycles. The lowest BCUT2D eigenvalue weighted by Gasteiger charge is -2.30. The Bertz CT molecular complexity index is 1060. The molecule has 3 fully saturated rings. The van der Waals surface area contributed by atoms with Crippen molar-refractivity contribution in [3.05, 3.63) is 42.9 Å². The highest BCUT2D eigenvalue weighted by atomic mass is 16.5. The van der Waals surface area contributed by atoms with Crippen LogP contribution in [-0.2, 0) is 4.74 Å². The molecule has 3 aromatic heterocycles. The zero-order chi connectivity index (χ0) is 20.6. The smallest absolute Gasteiger partial charge is 0.222 e. The minimum absolute atomic E-state index is 0.407. The van der Waals surface area contributed by atoms with Gasteiger partial charge in [0.1, 0.15) is 11.6 Å². The molecule has 0 bridgehead atoms. The van der Waals surface area contributed by atoms with E-state index in [0.29, 0.717) is 17.9 Å². The molecule has 1 N–H and O–H groups in total. The molecule has 0 aromatic carbocycles. The molecule has 3 aliphatic rings. The summed E-state index contributed by atoms with van der Waals surface area (Å²) in [6, 6.07) is 8.54. The van der Waals surface area contributed by atoms with Gasteiger partial charge in [0.15, 0.2) is 0 Å². The average molecular weight is 418 g/mol. The fourth-order valence-corrected chi connectivity index (χ4v) is 5.40. The number of pyridine rings is 2. The minimum atomic E-state index is 0.407. The van der Waals surface area contributed by atoms with E-state index >= 15 is 0 Å². The van der Waals surface area contributed by atoms with Crippen LogP contribution in [-0.4, -0.2) is 65.4 Å². The quantitative estimate of drug-likeness (QED) is 0.694. The van der Waals surface area contributed by atoms with Gasteiger partial charge in [-0.05, 0) is 37.0 Å². The van der Waals surface area contributed by atoms with Gasteiger partial charge in [-0.3, -0.25) is 4.98 Å². The number of morpholine rings is 1. The summed E-state index contributed by atoms with van der Waals surface area (Å²) >= 11 is 0. The summed E-state index contributed by atoms with van der Waals surface area (Å²) in [7, 11) is 0. The van der Waals surface area contributed by atoms with E-state index < -0.39 is 0 Å². The Hall–Kier alpha value is -3.00. The molecule has 8 nitrogen and oxygen atoms in total. The highest BCUT2D eigenvalue weighted by Crippen LogP contribution is 2.42. The van der Waals surface area contributed by atoms with Gasteiger partial charge in [0, 0.05) is 68.2 Å². The molecule has 160 valence electrons. The average Bonchev–Trinajstić information content (AvgIpc) is 3.41. The molecule has 6 rings (SSSR count). The summed E-state index contributed by atoms with van der Waals surface area (Å²) in [4.78, 5) is 23.3. The van der Waals surface area contributed by atoms with Gasteiger partial charge in [0.2, 0.25) is 5.95 Å². The Morgan fingerprint density at radius 2 is 1.77 bits per heavy atom. The maximum absolute atomic E-state index is 5.54. The van der Waals surface area contributed by atoms with Gasteiger partial charge in [-0.1, -0.05) is 0 Å². The zero-order valence-corrected chi connectivity index (χ0v) is 17.5. The predicted molar refractivity (Wildman–Crippen MR) is 120 cm³/mol. The van der Waals surface area contributed by atoms with Gasteiger partial charge in [-0.25, -0.2) is 15.0 Å². The molecule has 0 spiro atoms. The van der Waals surface area contributed by atoms with E-state index in [0.717, 1.165) is 67.9 Å². The number of hydrogen-bond acceptors (Lipinski definition) is 8. The zero-order valence-electron chi connectivity index (χ0n) is 17.5. The number of anilines is 3. The van der Waals surface area contributed by atoms with Crippen molar-refractivity contribution in [1.82, 2.24) is 19.9 Å². The first-order valence-corrected chi connectivity index (χ1v) is 11.2. The van der Waals surface area contributed by atoms with Gasteiger partial charge in [0.25, 0.3) is 0 Å². The van der Waals surface area contributed by atoms with Gasteiger partial charge in [-0.15, -0.1) is 0 Å². The molecule has 1 saturated carbocycles. The lowest BCUT2D eigenvalue weighted by Crippen LogP contribution is -2.37. The Labute approximate surface area is 181 Å². The van der Waals surface area contributed by atoms with Crippen LogP contribution in [0.15, 0.2) is 42.9 Å². The number of nitrogens with zero attached hydrogens (tertiary/aromatic N) is 6. The highest BCUT2D eigenvalue weighted by Gasteiger charge is 2.43. The molecule has 3 atom stereocenters. The fraction of sp³-hybridized carbons (Fsp3) is 0.478. The summed E-state index contributed by atoms with van der Waals surface area (Å²) in [6.45, 7) is 5.29. The molecule has 31 heavy (non-hydrogen) atoms. The van der Waals surface area contributed by atoms with E-state index in [4.69, 9.17) is 9.72 Å². The van der Waals surface area contributed by atoms with Crippen LogP contribution < -0.4 is 15.1 Å². The van der Waals surface area contributed by atoms with E-state index in [2.05, 4.69) is 42.2 Å². The maximum Gasteiger partial charge on any atom is 0.222 e. The molecule has 8 heteroatoms. The van der Waals surface area contributed by atoms with Crippen LogP contribution in [0.1, 0.15) is 12.8 Å². The van der Waals surface area contributed by atoms with Crippen LogP contribution in [0.2, 0.25) is 0 Å². The summed E-state index contributed by atoms with van der Waals surface area (Å²) in [5.74, 6) is 4.05. The van der Waals surface area contributed by atoms with E-state index in [1.807, 2.05) is 18.3 Å². The maximum atomic E-state index is 5.54. The van der Waals surface area contributed by atoms with Crippen molar-refractivity contribution < 1.29 is 4.74 Å².